The van der Waals surface area contributed by atoms with Gasteiger partial charge < -0.3 is 5.32 Å². The Hall–Kier alpha value is -1.65. The summed E-state index contributed by atoms with van der Waals surface area (Å²) in [7, 11) is 0. The fourth-order valence-corrected chi connectivity index (χ4v) is 3.39. The van der Waals surface area contributed by atoms with E-state index in [1.165, 1.54) is 43.5 Å². The van der Waals surface area contributed by atoms with Crippen molar-refractivity contribution in [3.63, 3.8) is 0 Å². The predicted octanol–water partition coefficient (Wildman–Crippen LogP) is 4.37. The molecular weight excluding hydrogens is 364 g/mol. The average Bonchev–Trinajstić information content (AvgIpc) is 2.62. The molecule has 0 unspecified atom stereocenters. The van der Waals surface area contributed by atoms with Crippen LogP contribution in [0.15, 0.2) is 53.0 Å². The molecule has 1 aliphatic heterocycles. The third-order valence-electron chi connectivity index (χ3n) is 4.51. The molecule has 1 fully saturated rings. The lowest BCUT2D eigenvalue weighted by Crippen LogP contribution is -2.30. The second kappa shape index (κ2) is 8.45. The normalized spacial score (nSPS) is 15.2. The lowest BCUT2D eigenvalue weighted by Gasteiger charge is -2.27. The van der Waals surface area contributed by atoms with Gasteiger partial charge in [0.2, 0.25) is 0 Å². The van der Waals surface area contributed by atoms with Crippen LogP contribution in [-0.2, 0) is 13.1 Å². The second-order valence-electron chi connectivity index (χ2n) is 6.30. The van der Waals surface area contributed by atoms with Crippen LogP contribution in [0.25, 0.3) is 0 Å². The molecule has 0 aromatic heterocycles. The highest BCUT2D eigenvalue weighted by molar-refractivity contribution is 9.10. The number of hydrogen-bond acceptors (Lipinski definition) is 2. The minimum atomic E-state index is -0.0322. The number of amides is 1. The summed E-state index contributed by atoms with van der Waals surface area (Å²) < 4.78 is 0.978. The van der Waals surface area contributed by atoms with Crippen LogP contribution in [0.5, 0.6) is 0 Å². The highest BCUT2D eigenvalue weighted by atomic mass is 79.9. The van der Waals surface area contributed by atoms with Gasteiger partial charge in [-0.25, -0.2) is 0 Å². The van der Waals surface area contributed by atoms with Gasteiger partial charge in [-0.1, -0.05) is 46.6 Å². The van der Waals surface area contributed by atoms with Crippen LogP contribution in [0.4, 0.5) is 0 Å². The van der Waals surface area contributed by atoms with E-state index in [1.54, 1.807) is 0 Å². The Morgan fingerprint density at radius 1 is 0.958 bits per heavy atom. The molecule has 2 aromatic rings. The quantitative estimate of drug-likeness (QED) is 0.827. The summed E-state index contributed by atoms with van der Waals surface area (Å²) in [5.74, 6) is -0.0322. The Bertz CT molecular complexity index is 678. The van der Waals surface area contributed by atoms with E-state index in [1.807, 2.05) is 30.3 Å². The molecule has 2 aromatic carbocycles. The molecule has 4 heteroatoms. The monoisotopic (exact) mass is 386 g/mol. The van der Waals surface area contributed by atoms with Crippen molar-refractivity contribution >= 4 is 21.8 Å². The summed E-state index contributed by atoms with van der Waals surface area (Å²) >= 11 is 3.39. The molecule has 1 saturated heterocycles. The van der Waals surface area contributed by atoms with Crippen molar-refractivity contribution in [2.45, 2.75) is 32.4 Å². The van der Waals surface area contributed by atoms with Crippen molar-refractivity contribution in [3.8, 4) is 0 Å². The largest absolute Gasteiger partial charge is 0.348 e. The zero-order valence-electron chi connectivity index (χ0n) is 13.8. The number of benzene rings is 2. The van der Waals surface area contributed by atoms with Gasteiger partial charge in [0.05, 0.1) is 0 Å². The van der Waals surface area contributed by atoms with Gasteiger partial charge in [-0.2, -0.15) is 0 Å². The predicted molar refractivity (Wildman–Crippen MR) is 101 cm³/mol. The fraction of sp³-hybridized carbons (Fsp3) is 0.350. The molecule has 0 radical (unpaired) electrons. The van der Waals surface area contributed by atoms with E-state index in [0.717, 1.165) is 11.0 Å². The zero-order chi connectivity index (χ0) is 16.8. The van der Waals surface area contributed by atoms with E-state index in [2.05, 4.69) is 44.3 Å². The lowest BCUT2D eigenvalue weighted by molar-refractivity contribution is 0.0950. The Kier molecular flexibility index (Phi) is 6.05. The fourth-order valence-electron chi connectivity index (χ4n) is 3.12. The molecule has 0 saturated carbocycles. The van der Waals surface area contributed by atoms with Crippen molar-refractivity contribution in [3.05, 3.63) is 69.7 Å². The van der Waals surface area contributed by atoms with Crippen LogP contribution >= 0.6 is 15.9 Å². The van der Waals surface area contributed by atoms with Gasteiger partial charge in [-0.05, 0) is 61.3 Å². The summed E-state index contributed by atoms with van der Waals surface area (Å²) in [6.45, 7) is 3.91. The number of hydrogen-bond donors (Lipinski definition) is 1. The molecule has 24 heavy (non-hydrogen) atoms. The molecular formula is C20H23BrN2O. The minimum absolute atomic E-state index is 0.0322. The topological polar surface area (TPSA) is 32.3 Å². The molecule has 3 rings (SSSR count). The molecule has 126 valence electrons. The van der Waals surface area contributed by atoms with E-state index in [9.17, 15) is 4.79 Å². The first-order valence-electron chi connectivity index (χ1n) is 8.55. The van der Waals surface area contributed by atoms with E-state index in [0.29, 0.717) is 12.1 Å². The summed E-state index contributed by atoms with van der Waals surface area (Å²) in [6, 6.07) is 15.9. The van der Waals surface area contributed by atoms with Gasteiger partial charge in [0.15, 0.2) is 0 Å². The van der Waals surface area contributed by atoms with Gasteiger partial charge in [0.25, 0.3) is 5.91 Å². The first-order valence-corrected chi connectivity index (χ1v) is 9.34. The molecule has 0 spiro atoms. The summed E-state index contributed by atoms with van der Waals surface area (Å²) in [6.07, 6.45) is 3.94. The van der Waals surface area contributed by atoms with Gasteiger partial charge in [-0.15, -0.1) is 0 Å². The smallest absolute Gasteiger partial charge is 0.251 e. The van der Waals surface area contributed by atoms with Crippen molar-refractivity contribution in [1.82, 2.24) is 10.2 Å². The number of halogens is 1. The molecule has 0 atom stereocenters. The van der Waals surface area contributed by atoms with Gasteiger partial charge in [-0.3, -0.25) is 9.69 Å². The van der Waals surface area contributed by atoms with Crippen molar-refractivity contribution < 1.29 is 4.79 Å². The van der Waals surface area contributed by atoms with Crippen LogP contribution in [0.1, 0.15) is 40.7 Å². The highest BCUT2D eigenvalue weighted by Crippen LogP contribution is 2.16. The minimum Gasteiger partial charge on any atom is -0.348 e. The average molecular weight is 387 g/mol. The SMILES string of the molecule is O=C(NCc1ccccc1CN1CCCCC1)c1ccc(Br)cc1. The third kappa shape index (κ3) is 4.68. The van der Waals surface area contributed by atoms with Gasteiger partial charge >= 0.3 is 0 Å². The highest BCUT2D eigenvalue weighted by Gasteiger charge is 2.13. The van der Waals surface area contributed by atoms with Gasteiger partial charge in [0.1, 0.15) is 0 Å². The van der Waals surface area contributed by atoms with Crippen LogP contribution in [0, 0.1) is 0 Å². The maximum Gasteiger partial charge on any atom is 0.251 e. The van der Waals surface area contributed by atoms with Crippen molar-refractivity contribution in [2.24, 2.45) is 0 Å². The Balaban J connectivity index is 1.62. The number of piperidine rings is 1. The van der Waals surface area contributed by atoms with Crippen LogP contribution < -0.4 is 5.32 Å². The van der Waals surface area contributed by atoms with E-state index >= 15 is 0 Å². The van der Waals surface area contributed by atoms with E-state index in [-0.39, 0.29) is 5.91 Å². The number of carbonyl (C=O) groups excluding carboxylic acids is 1. The van der Waals surface area contributed by atoms with Crippen molar-refractivity contribution in [2.75, 3.05) is 13.1 Å². The maximum atomic E-state index is 12.3. The molecule has 1 N–H and O–H groups in total. The Morgan fingerprint density at radius 2 is 1.62 bits per heavy atom. The zero-order valence-corrected chi connectivity index (χ0v) is 15.4. The number of nitrogens with one attached hydrogen (secondary N) is 1. The number of carbonyl (C=O) groups is 1. The van der Waals surface area contributed by atoms with Crippen LogP contribution in [0.3, 0.4) is 0 Å². The number of nitrogens with zero attached hydrogens (tertiary/aromatic N) is 1. The first-order chi connectivity index (χ1) is 11.7. The number of likely N-dealkylation sites (tertiary alicyclic amines) is 1. The summed E-state index contributed by atoms with van der Waals surface area (Å²) in [4.78, 5) is 14.8. The molecule has 1 amide bonds. The first kappa shape index (κ1) is 17.2. The van der Waals surface area contributed by atoms with Gasteiger partial charge in [0, 0.05) is 23.1 Å². The third-order valence-corrected chi connectivity index (χ3v) is 5.04. The summed E-state index contributed by atoms with van der Waals surface area (Å²) in [5.41, 5.74) is 3.20. The Labute approximate surface area is 152 Å². The standard InChI is InChI=1S/C20H23BrN2O/c21-19-10-8-16(9-11-19)20(24)22-14-17-6-2-3-7-18(17)15-23-12-4-1-5-13-23/h2-3,6-11H,1,4-5,12-15H2,(H,22,24). The maximum absolute atomic E-state index is 12.3. The lowest BCUT2D eigenvalue weighted by atomic mass is 10.0. The van der Waals surface area contributed by atoms with Crippen LogP contribution in [0.2, 0.25) is 0 Å². The second-order valence-corrected chi connectivity index (χ2v) is 7.21. The van der Waals surface area contributed by atoms with E-state index < -0.39 is 0 Å². The van der Waals surface area contributed by atoms with Crippen molar-refractivity contribution in [1.29, 1.82) is 0 Å². The summed E-state index contributed by atoms with van der Waals surface area (Å²) in [5, 5.41) is 3.04. The van der Waals surface area contributed by atoms with Crippen LogP contribution in [-0.4, -0.2) is 23.9 Å². The molecule has 1 aliphatic rings. The van der Waals surface area contributed by atoms with E-state index in [4.69, 9.17) is 0 Å². The molecule has 1 heterocycles. The molecule has 0 aliphatic carbocycles. The number of rotatable bonds is 5. The Morgan fingerprint density at radius 3 is 2.33 bits per heavy atom. The molecule has 3 nitrogen and oxygen atoms in total. The molecule has 0 bridgehead atoms.